The van der Waals surface area contributed by atoms with Crippen LogP contribution in [0.1, 0.15) is 30.0 Å². The van der Waals surface area contributed by atoms with Crippen LogP contribution in [-0.2, 0) is 5.41 Å². The predicted octanol–water partition coefficient (Wildman–Crippen LogP) is 15.5. The average Bonchev–Trinajstić information content (AvgIpc) is 3.94. The highest BCUT2D eigenvalue weighted by Gasteiger charge is 2.48. The van der Waals surface area contributed by atoms with Crippen LogP contribution < -0.4 is 0 Å². The molecule has 62 heavy (non-hydrogen) atoms. The van der Waals surface area contributed by atoms with Crippen molar-refractivity contribution in [1.82, 2.24) is 9.13 Å². The summed E-state index contributed by atoms with van der Waals surface area (Å²) in [4.78, 5) is 0. The number of allylic oxidation sites excluding steroid dienone is 4. The summed E-state index contributed by atoms with van der Waals surface area (Å²) in [6.07, 6.45) is 8.05. The minimum atomic E-state index is -0.414. The molecule has 0 fully saturated rings. The van der Waals surface area contributed by atoms with Crippen molar-refractivity contribution >= 4 is 54.4 Å². The normalized spacial score (nSPS) is 17.0. The number of hydrogen-bond acceptors (Lipinski definition) is 0. The van der Waals surface area contributed by atoms with Crippen LogP contribution in [0.25, 0.3) is 88.0 Å². The Morgan fingerprint density at radius 2 is 1.08 bits per heavy atom. The molecule has 11 aromatic rings. The van der Waals surface area contributed by atoms with Crippen molar-refractivity contribution in [2.75, 3.05) is 0 Å². The van der Waals surface area contributed by atoms with Crippen LogP contribution in [0.2, 0.25) is 0 Å². The molecule has 0 spiro atoms. The summed E-state index contributed by atoms with van der Waals surface area (Å²) in [5.41, 5.74) is 17.4. The zero-order valence-electron chi connectivity index (χ0n) is 34.5. The van der Waals surface area contributed by atoms with Gasteiger partial charge >= 0.3 is 0 Å². The van der Waals surface area contributed by atoms with Crippen LogP contribution in [-0.4, -0.2) is 9.13 Å². The molecule has 0 amide bonds. The lowest BCUT2D eigenvalue weighted by atomic mass is 9.64. The van der Waals surface area contributed by atoms with Crippen molar-refractivity contribution in [1.29, 1.82) is 0 Å². The van der Waals surface area contributed by atoms with Crippen LogP contribution in [0.3, 0.4) is 0 Å². The third-order valence-corrected chi connectivity index (χ3v) is 13.9. The van der Waals surface area contributed by atoms with Gasteiger partial charge in [-0.05, 0) is 117 Å². The Bertz CT molecular complexity index is 3670. The van der Waals surface area contributed by atoms with Gasteiger partial charge in [0.25, 0.3) is 0 Å². The summed E-state index contributed by atoms with van der Waals surface area (Å²) in [5, 5.41) is 7.53. The van der Waals surface area contributed by atoms with Gasteiger partial charge in [0.1, 0.15) is 0 Å². The maximum absolute atomic E-state index is 2.56. The monoisotopic (exact) mass is 790 g/mol. The summed E-state index contributed by atoms with van der Waals surface area (Å²) < 4.78 is 4.93. The zero-order valence-corrected chi connectivity index (χ0v) is 34.5. The molecule has 0 aliphatic heterocycles. The summed E-state index contributed by atoms with van der Waals surface area (Å²) in [6, 6.07) is 74.7. The summed E-state index contributed by atoms with van der Waals surface area (Å²) >= 11 is 0. The van der Waals surface area contributed by atoms with Crippen LogP contribution in [0, 0.1) is 5.92 Å². The maximum Gasteiger partial charge on any atom is 0.0676 e. The largest absolute Gasteiger partial charge is 0.309 e. The molecule has 0 N–H and O–H groups in total. The van der Waals surface area contributed by atoms with Gasteiger partial charge in [-0.15, -0.1) is 0 Å². The molecule has 292 valence electrons. The molecule has 2 unspecified atom stereocenters. The molecule has 2 aliphatic carbocycles. The molecule has 0 radical (unpaired) electrons. The lowest BCUT2D eigenvalue weighted by molar-refractivity contribution is 0.616. The number of fused-ring (bicyclic) bond motifs is 10. The third-order valence-electron chi connectivity index (χ3n) is 13.9. The molecular weight excluding hydrogens is 749 g/mol. The van der Waals surface area contributed by atoms with Crippen LogP contribution >= 0.6 is 0 Å². The van der Waals surface area contributed by atoms with E-state index in [1.165, 1.54) is 105 Å². The van der Waals surface area contributed by atoms with Crippen LogP contribution in [0.5, 0.6) is 0 Å². The minimum Gasteiger partial charge on any atom is -0.309 e. The molecule has 13 rings (SSSR count). The van der Waals surface area contributed by atoms with Crippen molar-refractivity contribution < 1.29 is 0 Å². The molecular formula is C60H42N2. The topological polar surface area (TPSA) is 9.86 Å². The Balaban J connectivity index is 1.08. The van der Waals surface area contributed by atoms with E-state index in [1.54, 1.807) is 0 Å². The number of nitrogens with zero attached hydrogens (tertiary/aromatic N) is 2. The van der Waals surface area contributed by atoms with E-state index in [9.17, 15) is 0 Å². The van der Waals surface area contributed by atoms with Crippen molar-refractivity contribution in [3.05, 3.63) is 241 Å². The van der Waals surface area contributed by atoms with Gasteiger partial charge in [0.05, 0.1) is 33.2 Å². The van der Waals surface area contributed by atoms with Gasteiger partial charge in [-0.1, -0.05) is 170 Å². The smallest absolute Gasteiger partial charge is 0.0676 e. The predicted molar refractivity (Wildman–Crippen MR) is 261 cm³/mol. The average molecular weight is 791 g/mol. The highest BCUT2D eigenvalue weighted by Crippen LogP contribution is 2.59. The Kier molecular flexibility index (Phi) is 7.60. The standard InChI is InChI=1S/C60H42N2/c1-39-16-14-21-44(34-39)60(43-19-4-2-5-20-43)53-27-12-10-25-47(53)49-38-59-52(37-54(49)60)51-36-42(30-32-57(51)61(59)45-22-6-3-7-23-45)41-31-33-58-50(35-41)48-26-11-13-28-56(48)62(58)55-29-15-18-40-17-8-9-24-46(40)55/h2-33,35-39H,34H2,1H3. The first-order chi connectivity index (χ1) is 30.7. The van der Waals surface area contributed by atoms with E-state index < -0.39 is 5.41 Å². The number of hydrogen-bond donors (Lipinski definition) is 0. The highest BCUT2D eigenvalue weighted by atomic mass is 15.0. The first-order valence-corrected chi connectivity index (χ1v) is 21.9. The van der Waals surface area contributed by atoms with Gasteiger partial charge in [0, 0.05) is 32.6 Å². The van der Waals surface area contributed by atoms with Crippen molar-refractivity contribution in [3.8, 4) is 33.6 Å². The summed E-state index contributed by atoms with van der Waals surface area (Å²) in [6.45, 7) is 2.35. The number of benzene rings is 9. The lowest BCUT2D eigenvalue weighted by Crippen LogP contribution is -2.31. The number of rotatable bonds is 5. The van der Waals surface area contributed by atoms with Gasteiger partial charge in [-0.2, -0.15) is 0 Å². The van der Waals surface area contributed by atoms with E-state index in [0.717, 1.165) is 12.1 Å². The fourth-order valence-corrected chi connectivity index (χ4v) is 11.3. The van der Waals surface area contributed by atoms with Crippen LogP contribution in [0.15, 0.2) is 224 Å². The Morgan fingerprint density at radius 3 is 1.89 bits per heavy atom. The van der Waals surface area contributed by atoms with E-state index in [2.05, 4.69) is 234 Å². The zero-order chi connectivity index (χ0) is 40.9. The van der Waals surface area contributed by atoms with Gasteiger partial charge in [-0.25, -0.2) is 0 Å². The van der Waals surface area contributed by atoms with Gasteiger partial charge in [-0.3, -0.25) is 0 Å². The molecule has 0 saturated heterocycles. The SMILES string of the molecule is CC1C=CC=C(C2(c3ccccc3)c3ccccc3-c3cc4c(cc32)c2cc(-c3ccc5c(c3)c3ccccc3n5-c3cccc5ccccc35)ccc2n4-c2ccccc2)C1. The quantitative estimate of drug-likeness (QED) is 0.164. The molecule has 0 saturated carbocycles. The fourth-order valence-electron chi connectivity index (χ4n) is 11.3. The summed E-state index contributed by atoms with van der Waals surface area (Å²) in [7, 11) is 0. The van der Waals surface area contributed by atoms with E-state index in [0.29, 0.717) is 5.92 Å². The minimum absolute atomic E-state index is 0.414. The summed E-state index contributed by atoms with van der Waals surface area (Å²) in [5.74, 6) is 0.455. The molecule has 2 atom stereocenters. The third kappa shape index (κ3) is 4.92. The van der Waals surface area contributed by atoms with E-state index in [-0.39, 0.29) is 0 Å². The Hall–Kier alpha value is -7.68. The van der Waals surface area contributed by atoms with E-state index in [4.69, 9.17) is 0 Å². The first-order valence-electron chi connectivity index (χ1n) is 21.9. The second kappa shape index (κ2) is 13.4. The van der Waals surface area contributed by atoms with Crippen molar-refractivity contribution in [3.63, 3.8) is 0 Å². The molecule has 0 bridgehead atoms. The van der Waals surface area contributed by atoms with E-state index in [1.807, 2.05) is 0 Å². The van der Waals surface area contributed by atoms with Gasteiger partial charge in [0.2, 0.25) is 0 Å². The first kappa shape index (κ1) is 35.1. The molecule has 9 aromatic carbocycles. The second-order valence-corrected chi connectivity index (χ2v) is 17.3. The van der Waals surface area contributed by atoms with Gasteiger partial charge in [0.15, 0.2) is 0 Å². The Morgan fingerprint density at radius 1 is 0.452 bits per heavy atom. The molecule has 2 heterocycles. The van der Waals surface area contributed by atoms with Crippen LogP contribution in [0.4, 0.5) is 0 Å². The lowest BCUT2D eigenvalue weighted by Gasteiger charge is -2.37. The second-order valence-electron chi connectivity index (χ2n) is 17.3. The maximum atomic E-state index is 2.56. The Labute approximate surface area is 360 Å². The van der Waals surface area contributed by atoms with Crippen molar-refractivity contribution in [2.45, 2.75) is 18.8 Å². The molecule has 2 heteroatoms. The number of aromatic nitrogens is 2. The molecule has 2 nitrogen and oxygen atoms in total. The van der Waals surface area contributed by atoms with Crippen molar-refractivity contribution in [2.24, 2.45) is 5.92 Å². The highest BCUT2D eigenvalue weighted by molar-refractivity contribution is 6.14. The van der Waals surface area contributed by atoms with Gasteiger partial charge < -0.3 is 9.13 Å². The number of para-hydroxylation sites is 2. The fraction of sp³-hybridized carbons (Fsp3) is 0.0667. The molecule has 2 aromatic heterocycles. The van der Waals surface area contributed by atoms with E-state index >= 15 is 0 Å². The molecule has 2 aliphatic rings.